The van der Waals surface area contributed by atoms with E-state index in [0.717, 1.165) is 11.3 Å². The maximum atomic E-state index is 12.2. The molecule has 1 aromatic rings. The molecule has 1 saturated heterocycles. The van der Waals surface area contributed by atoms with E-state index < -0.39 is 10.8 Å². The average Bonchev–Trinajstić information content (AvgIpc) is 2.72. The number of benzene rings is 1. The van der Waals surface area contributed by atoms with E-state index >= 15 is 0 Å². The van der Waals surface area contributed by atoms with Crippen molar-refractivity contribution in [2.75, 3.05) is 25.7 Å². The highest BCUT2D eigenvalue weighted by molar-refractivity contribution is 7.84. The fraction of sp³-hybridized carbons (Fsp3) is 0.500. The highest BCUT2D eigenvalue weighted by Gasteiger charge is 2.36. The van der Waals surface area contributed by atoms with Gasteiger partial charge in [-0.15, -0.1) is 0 Å². The molecule has 20 heavy (non-hydrogen) atoms. The molecule has 3 unspecified atom stereocenters. The van der Waals surface area contributed by atoms with E-state index in [1.165, 1.54) is 0 Å². The molecule has 0 aliphatic carbocycles. The van der Waals surface area contributed by atoms with E-state index in [1.807, 2.05) is 31.2 Å². The van der Waals surface area contributed by atoms with Crippen molar-refractivity contribution in [2.24, 2.45) is 0 Å². The average molecular weight is 296 g/mol. The lowest BCUT2D eigenvalue weighted by Gasteiger charge is -2.24. The Morgan fingerprint density at radius 1 is 1.35 bits per heavy atom. The fourth-order valence-electron chi connectivity index (χ4n) is 2.30. The first-order valence-corrected chi connectivity index (χ1v) is 8.26. The fourth-order valence-corrected chi connectivity index (χ4v) is 2.76. The van der Waals surface area contributed by atoms with Crippen LogP contribution in [0.1, 0.15) is 18.7 Å². The first-order valence-electron chi connectivity index (χ1n) is 6.53. The summed E-state index contributed by atoms with van der Waals surface area (Å²) in [6, 6.07) is 7.42. The second kappa shape index (κ2) is 6.37. The van der Waals surface area contributed by atoms with E-state index in [0.29, 0.717) is 12.3 Å². The Balaban J connectivity index is 2.18. The molecule has 0 spiro atoms. The van der Waals surface area contributed by atoms with E-state index in [-0.39, 0.29) is 18.1 Å². The van der Waals surface area contributed by atoms with Crippen LogP contribution >= 0.6 is 0 Å². The van der Waals surface area contributed by atoms with Gasteiger partial charge in [0.1, 0.15) is 11.9 Å². The zero-order chi connectivity index (χ0) is 14.7. The van der Waals surface area contributed by atoms with Gasteiger partial charge in [0.15, 0.2) is 0 Å². The van der Waals surface area contributed by atoms with Crippen molar-refractivity contribution >= 4 is 16.7 Å². The van der Waals surface area contributed by atoms with Gasteiger partial charge in [-0.1, -0.05) is 12.1 Å². The number of nitrogens with zero attached hydrogens (tertiary/aromatic N) is 1. The largest absolute Gasteiger partial charge is 0.497 e. The number of hydrogen-bond acceptors (Lipinski definition) is 4. The van der Waals surface area contributed by atoms with E-state index in [1.54, 1.807) is 18.3 Å². The van der Waals surface area contributed by atoms with E-state index in [2.05, 4.69) is 5.32 Å². The van der Waals surface area contributed by atoms with Crippen LogP contribution in [0.5, 0.6) is 5.75 Å². The number of carbonyl (C=O) groups is 1. The molecule has 0 radical (unpaired) electrons. The molecule has 3 atom stereocenters. The van der Waals surface area contributed by atoms with Crippen LogP contribution < -0.4 is 10.1 Å². The molecule has 1 fully saturated rings. The van der Waals surface area contributed by atoms with Crippen LogP contribution in [0.4, 0.5) is 0 Å². The number of nitrogens with one attached hydrogen (secondary N) is 1. The second-order valence-corrected chi connectivity index (χ2v) is 6.43. The zero-order valence-corrected chi connectivity index (χ0v) is 12.8. The zero-order valence-electron chi connectivity index (χ0n) is 12.0. The Kier molecular flexibility index (Phi) is 4.77. The van der Waals surface area contributed by atoms with Gasteiger partial charge in [0, 0.05) is 29.4 Å². The molecule has 6 heteroatoms. The molecular formula is C14H20N2O3S. The predicted molar refractivity (Wildman–Crippen MR) is 79.0 cm³/mol. The standard InChI is InChI=1S/C14H20N2O3S/c1-10-14(17)16(8-9-20(3)18)13(15-10)11-4-6-12(19-2)7-5-11/h4-7,10,13,15H,8-9H2,1-3H3. The molecule has 1 heterocycles. The van der Waals surface area contributed by atoms with Crippen LogP contribution in [0.25, 0.3) is 0 Å². The quantitative estimate of drug-likeness (QED) is 0.877. The van der Waals surface area contributed by atoms with E-state index in [9.17, 15) is 9.00 Å². The Morgan fingerprint density at radius 3 is 2.55 bits per heavy atom. The molecule has 1 aliphatic heterocycles. The summed E-state index contributed by atoms with van der Waals surface area (Å²) in [7, 11) is 0.716. The number of hydrogen-bond donors (Lipinski definition) is 1. The third-order valence-corrected chi connectivity index (χ3v) is 4.18. The smallest absolute Gasteiger partial charge is 0.241 e. The summed E-state index contributed by atoms with van der Waals surface area (Å²) in [5, 5.41) is 3.27. The van der Waals surface area contributed by atoms with E-state index in [4.69, 9.17) is 4.74 Å². The van der Waals surface area contributed by atoms with Gasteiger partial charge in [-0.05, 0) is 24.6 Å². The minimum Gasteiger partial charge on any atom is -0.497 e. The molecule has 5 nitrogen and oxygen atoms in total. The van der Waals surface area contributed by atoms with Crippen molar-refractivity contribution in [1.29, 1.82) is 0 Å². The van der Waals surface area contributed by atoms with Gasteiger partial charge in [-0.3, -0.25) is 14.3 Å². The van der Waals surface area contributed by atoms with Crippen molar-refractivity contribution in [2.45, 2.75) is 19.1 Å². The Hall–Kier alpha value is -1.40. The first-order chi connectivity index (χ1) is 9.52. The van der Waals surface area contributed by atoms with Crippen molar-refractivity contribution in [3.8, 4) is 5.75 Å². The summed E-state index contributed by atoms with van der Waals surface area (Å²) in [6.45, 7) is 2.34. The SMILES string of the molecule is COc1ccc(C2NC(C)C(=O)N2CCS(C)=O)cc1. The summed E-state index contributed by atoms with van der Waals surface area (Å²) in [6.07, 6.45) is 1.49. The Bertz CT molecular complexity index is 504. The number of rotatable bonds is 5. The van der Waals surface area contributed by atoms with Gasteiger partial charge in [-0.2, -0.15) is 0 Å². The van der Waals surface area contributed by atoms with Crippen molar-refractivity contribution in [1.82, 2.24) is 10.2 Å². The number of ether oxygens (including phenoxy) is 1. The molecule has 1 N–H and O–H groups in total. The molecule has 2 rings (SSSR count). The third kappa shape index (κ3) is 3.19. The number of methoxy groups -OCH3 is 1. The number of amides is 1. The normalized spacial score (nSPS) is 23.9. The Morgan fingerprint density at radius 2 is 2.00 bits per heavy atom. The molecule has 1 amide bonds. The lowest BCUT2D eigenvalue weighted by molar-refractivity contribution is -0.129. The lowest BCUT2D eigenvalue weighted by Crippen LogP contribution is -2.33. The third-order valence-electron chi connectivity index (χ3n) is 3.42. The van der Waals surface area contributed by atoms with Crippen LogP contribution in [0.15, 0.2) is 24.3 Å². The van der Waals surface area contributed by atoms with Crippen LogP contribution in [-0.2, 0) is 15.6 Å². The molecule has 0 bridgehead atoms. The summed E-state index contributed by atoms with van der Waals surface area (Å²) < 4.78 is 16.4. The maximum absolute atomic E-state index is 12.2. The molecule has 1 aliphatic rings. The van der Waals surface area contributed by atoms with Gasteiger partial charge in [-0.25, -0.2) is 0 Å². The Labute approximate surface area is 121 Å². The van der Waals surface area contributed by atoms with Crippen molar-refractivity contribution in [3.63, 3.8) is 0 Å². The van der Waals surface area contributed by atoms with Gasteiger partial charge in [0.05, 0.1) is 13.2 Å². The van der Waals surface area contributed by atoms with Crippen molar-refractivity contribution in [3.05, 3.63) is 29.8 Å². The molecule has 110 valence electrons. The highest BCUT2D eigenvalue weighted by atomic mass is 32.2. The van der Waals surface area contributed by atoms with Gasteiger partial charge in [0.25, 0.3) is 0 Å². The molecule has 0 aromatic heterocycles. The summed E-state index contributed by atoms with van der Waals surface area (Å²) in [4.78, 5) is 13.9. The monoisotopic (exact) mass is 296 g/mol. The highest BCUT2D eigenvalue weighted by Crippen LogP contribution is 2.26. The van der Waals surface area contributed by atoms with Gasteiger partial charge in [0.2, 0.25) is 5.91 Å². The molecule has 1 aromatic carbocycles. The first kappa shape index (κ1) is 15.0. The van der Waals surface area contributed by atoms with Crippen LogP contribution in [0.2, 0.25) is 0 Å². The summed E-state index contributed by atoms with van der Waals surface area (Å²) in [5.41, 5.74) is 1.00. The van der Waals surface area contributed by atoms with Crippen LogP contribution in [0, 0.1) is 0 Å². The van der Waals surface area contributed by atoms with Crippen LogP contribution in [0.3, 0.4) is 0 Å². The molecular weight excluding hydrogens is 276 g/mol. The van der Waals surface area contributed by atoms with Crippen molar-refractivity contribution < 1.29 is 13.7 Å². The topological polar surface area (TPSA) is 58.6 Å². The van der Waals surface area contributed by atoms with Crippen LogP contribution in [-0.4, -0.2) is 46.7 Å². The minimum atomic E-state index is -0.906. The predicted octanol–water partition coefficient (Wildman–Crippen LogP) is 0.893. The lowest BCUT2D eigenvalue weighted by atomic mass is 10.1. The maximum Gasteiger partial charge on any atom is 0.241 e. The summed E-state index contributed by atoms with van der Waals surface area (Å²) in [5.74, 6) is 1.33. The van der Waals surface area contributed by atoms with Gasteiger partial charge >= 0.3 is 0 Å². The molecule has 0 saturated carbocycles. The minimum absolute atomic E-state index is 0.0521. The summed E-state index contributed by atoms with van der Waals surface area (Å²) >= 11 is 0. The second-order valence-electron chi connectivity index (χ2n) is 4.87. The van der Waals surface area contributed by atoms with Gasteiger partial charge < -0.3 is 9.64 Å². The number of carbonyl (C=O) groups excluding carboxylic acids is 1.